The van der Waals surface area contributed by atoms with Crippen molar-refractivity contribution >= 4 is 23.4 Å². The number of esters is 1. The van der Waals surface area contributed by atoms with E-state index in [2.05, 4.69) is 0 Å². The van der Waals surface area contributed by atoms with Gasteiger partial charge in [-0.25, -0.2) is 0 Å². The monoisotopic (exact) mass is 254 g/mol. The van der Waals surface area contributed by atoms with Gasteiger partial charge in [0.05, 0.1) is 0 Å². The third-order valence-corrected chi connectivity index (χ3v) is 2.99. The van der Waals surface area contributed by atoms with Gasteiger partial charge < -0.3 is 4.74 Å². The van der Waals surface area contributed by atoms with Crippen LogP contribution in [-0.2, 0) is 4.79 Å². The van der Waals surface area contributed by atoms with Crippen LogP contribution in [0.4, 0.5) is 0 Å². The van der Waals surface area contributed by atoms with Crippen molar-refractivity contribution in [2.75, 3.05) is 5.88 Å². The minimum Gasteiger partial charge on any atom is -0.427 e. The van der Waals surface area contributed by atoms with Gasteiger partial charge in [0.1, 0.15) is 5.75 Å². The molecule has 0 N–H and O–H groups in total. The number of alkyl halides is 1. The Bertz CT molecular complexity index is 421. The maximum atomic E-state index is 12.0. The quantitative estimate of drug-likeness (QED) is 0.359. The van der Waals surface area contributed by atoms with Crippen molar-refractivity contribution in [3.63, 3.8) is 0 Å². The second-order valence-electron chi connectivity index (χ2n) is 4.46. The van der Waals surface area contributed by atoms with Crippen LogP contribution in [0.2, 0.25) is 0 Å². The van der Waals surface area contributed by atoms with Crippen LogP contribution in [0, 0.1) is 5.41 Å². The molecule has 92 valence electrons. The number of carbonyl (C=O) groups excluding carboxylic acids is 2. The Kier molecular flexibility index (Phi) is 4.29. The number of hydrogen-bond acceptors (Lipinski definition) is 3. The summed E-state index contributed by atoms with van der Waals surface area (Å²) in [6, 6.07) is 6.46. The van der Waals surface area contributed by atoms with Gasteiger partial charge in [0.2, 0.25) is 0 Å². The van der Waals surface area contributed by atoms with E-state index in [-0.39, 0.29) is 17.6 Å². The number of Topliss-reactive ketones (excluding diaryl/α,β-unsaturated/α-hetero) is 1. The van der Waals surface area contributed by atoms with Crippen LogP contribution in [0.3, 0.4) is 0 Å². The van der Waals surface area contributed by atoms with E-state index >= 15 is 0 Å². The molecular formula is C13H15ClO3. The number of carbonyl (C=O) groups is 2. The standard InChI is InChI=1S/C13H15ClO3/c1-9(15)17-11-6-4-10(5-7-11)12(16)13(2,3)8-14/h4-7H,8H2,1-3H3. The van der Waals surface area contributed by atoms with Crippen molar-refractivity contribution in [2.24, 2.45) is 5.41 Å². The third-order valence-electron chi connectivity index (χ3n) is 2.33. The smallest absolute Gasteiger partial charge is 0.308 e. The first-order valence-corrected chi connectivity index (χ1v) is 5.79. The molecule has 1 rings (SSSR count). The zero-order valence-electron chi connectivity index (χ0n) is 10.1. The van der Waals surface area contributed by atoms with Crippen molar-refractivity contribution in [2.45, 2.75) is 20.8 Å². The van der Waals surface area contributed by atoms with Gasteiger partial charge >= 0.3 is 5.97 Å². The molecule has 0 saturated heterocycles. The SMILES string of the molecule is CC(=O)Oc1ccc(C(=O)C(C)(C)CCl)cc1. The topological polar surface area (TPSA) is 43.4 Å². The molecule has 0 aliphatic carbocycles. The molecule has 0 fully saturated rings. The van der Waals surface area contributed by atoms with E-state index in [0.717, 1.165) is 0 Å². The van der Waals surface area contributed by atoms with E-state index < -0.39 is 5.41 Å². The summed E-state index contributed by atoms with van der Waals surface area (Å²) < 4.78 is 4.88. The van der Waals surface area contributed by atoms with Crippen LogP contribution in [0.1, 0.15) is 31.1 Å². The highest BCUT2D eigenvalue weighted by atomic mass is 35.5. The predicted molar refractivity (Wildman–Crippen MR) is 66.6 cm³/mol. The molecule has 1 aromatic carbocycles. The van der Waals surface area contributed by atoms with Crippen molar-refractivity contribution < 1.29 is 14.3 Å². The molecule has 4 heteroatoms. The first kappa shape index (κ1) is 13.7. The molecule has 3 nitrogen and oxygen atoms in total. The van der Waals surface area contributed by atoms with E-state index in [0.29, 0.717) is 11.3 Å². The third kappa shape index (κ3) is 3.56. The summed E-state index contributed by atoms with van der Waals surface area (Å²) in [4.78, 5) is 22.8. The van der Waals surface area contributed by atoms with E-state index in [1.165, 1.54) is 6.92 Å². The van der Waals surface area contributed by atoms with Gasteiger partial charge in [0.25, 0.3) is 0 Å². The van der Waals surface area contributed by atoms with Crippen molar-refractivity contribution in [1.82, 2.24) is 0 Å². The first-order chi connectivity index (χ1) is 7.86. The Morgan fingerprint density at radius 3 is 2.18 bits per heavy atom. The van der Waals surface area contributed by atoms with Gasteiger partial charge in [-0.2, -0.15) is 0 Å². The van der Waals surface area contributed by atoms with Crippen molar-refractivity contribution in [3.05, 3.63) is 29.8 Å². The second-order valence-corrected chi connectivity index (χ2v) is 4.73. The van der Waals surface area contributed by atoms with Crippen LogP contribution < -0.4 is 4.74 Å². The number of benzene rings is 1. The van der Waals surface area contributed by atoms with E-state index in [1.54, 1.807) is 38.1 Å². The molecule has 0 amide bonds. The number of hydrogen-bond donors (Lipinski definition) is 0. The predicted octanol–water partition coefficient (Wildman–Crippen LogP) is 3.06. The number of ether oxygens (including phenoxy) is 1. The zero-order chi connectivity index (χ0) is 13.1. The molecule has 0 aliphatic rings. The minimum atomic E-state index is -0.593. The van der Waals surface area contributed by atoms with Gasteiger partial charge in [-0.15, -0.1) is 11.6 Å². The van der Waals surface area contributed by atoms with Gasteiger partial charge in [-0.3, -0.25) is 9.59 Å². The summed E-state index contributed by atoms with van der Waals surface area (Å²) >= 11 is 5.75. The summed E-state index contributed by atoms with van der Waals surface area (Å²) in [6.45, 7) is 4.92. The Balaban J connectivity index is 2.88. The van der Waals surface area contributed by atoms with Gasteiger partial charge in [0, 0.05) is 23.8 Å². The maximum Gasteiger partial charge on any atom is 0.308 e. The average molecular weight is 255 g/mol. The Morgan fingerprint density at radius 1 is 1.24 bits per heavy atom. The molecule has 0 atom stereocenters. The summed E-state index contributed by atoms with van der Waals surface area (Å²) in [5.41, 5.74) is -0.0311. The van der Waals surface area contributed by atoms with Crippen LogP contribution in [0.15, 0.2) is 24.3 Å². The van der Waals surface area contributed by atoms with Crippen LogP contribution in [0.5, 0.6) is 5.75 Å². The molecule has 0 aliphatic heterocycles. The summed E-state index contributed by atoms with van der Waals surface area (Å²) in [6.07, 6.45) is 0. The molecule has 0 saturated carbocycles. The van der Waals surface area contributed by atoms with E-state index in [1.807, 2.05) is 0 Å². The lowest BCUT2D eigenvalue weighted by molar-refractivity contribution is -0.131. The van der Waals surface area contributed by atoms with Gasteiger partial charge in [0.15, 0.2) is 5.78 Å². The van der Waals surface area contributed by atoms with Crippen LogP contribution in [-0.4, -0.2) is 17.6 Å². The number of ketones is 1. The fraction of sp³-hybridized carbons (Fsp3) is 0.385. The van der Waals surface area contributed by atoms with Gasteiger partial charge in [-0.05, 0) is 24.3 Å². The van der Waals surface area contributed by atoms with Gasteiger partial charge in [-0.1, -0.05) is 13.8 Å². The lowest BCUT2D eigenvalue weighted by Gasteiger charge is -2.19. The Hall–Kier alpha value is -1.35. The molecule has 0 radical (unpaired) electrons. The highest BCUT2D eigenvalue weighted by Crippen LogP contribution is 2.24. The first-order valence-electron chi connectivity index (χ1n) is 5.26. The zero-order valence-corrected chi connectivity index (χ0v) is 10.9. The summed E-state index contributed by atoms with van der Waals surface area (Å²) in [5, 5.41) is 0. The molecule has 0 unspecified atom stereocenters. The summed E-state index contributed by atoms with van der Waals surface area (Å²) in [5.74, 6) is 0.280. The van der Waals surface area contributed by atoms with E-state index in [9.17, 15) is 9.59 Å². The lowest BCUT2D eigenvalue weighted by Crippen LogP contribution is -2.26. The number of rotatable bonds is 4. The largest absolute Gasteiger partial charge is 0.427 e. The summed E-state index contributed by atoms with van der Waals surface area (Å²) in [7, 11) is 0. The van der Waals surface area contributed by atoms with E-state index in [4.69, 9.17) is 16.3 Å². The highest BCUT2D eigenvalue weighted by molar-refractivity contribution is 6.21. The van der Waals surface area contributed by atoms with Crippen LogP contribution in [0.25, 0.3) is 0 Å². The van der Waals surface area contributed by atoms with Crippen LogP contribution >= 0.6 is 11.6 Å². The fourth-order valence-electron chi connectivity index (χ4n) is 1.29. The number of halogens is 1. The molecule has 17 heavy (non-hydrogen) atoms. The highest BCUT2D eigenvalue weighted by Gasteiger charge is 2.27. The Morgan fingerprint density at radius 2 is 1.76 bits per heavy atom. The molecule has 1 aromatic rings. The van der Waals surface area contributed by atoms with Crippen molar-refractivity contribution in [3.8, 4) is 5.75 Å². The average Bonchev–Trinajstić information content (AvgIpc) is 2.28. The maximum absolute atomic E-state index is 12.0. The second kappa shape index (κ2) is 5.32. The lowest BCUT2D eigenvalue weighted by atomic mass is 9.86. The Labute approximate surface area is 106 Å². The fourth-order valence-corrected chi connectivity index (χ4v) is 1.41. The normalized spacial score (nSPS) is 11.1. The molecular weight excluding hydrogens is 240 g/mol. The molecule has 0 aromatic heterocycles. The molecule has 0 heterocycles. The molecule has 0 bridgehead atoms. The van der Waals surface area contributed by atoms with Crippen molar-refractivity contribution in [1.29, 1.82) is 0 Å². The minimum absolute atomic E-state index is 0.0260. The molecule has 0 spiro atoms.